The van der Waals surface area contributed by atoms with Gasteiger partial charge in [-0.2, -0.15) is 0 Å². The molecule has 3 heteroatoms. The molecule has 1 aromatic heterocycles. The number of fused-ring (bicyclic) bond motifs is 1. The number of hydrogen-bond donors (Lipinski definition) is 0. The van der Waals surface area contributed by atoms with Crippen LogP contribution in [0.25, 0.3) is 0 Å². The maximum Gasteiger partial charge on any atom is 0.144 e. The van der Waals surface area contributed by atoms with Crippen LogP contribution in [0.5, 0.6) is 0 Å². The van der Waals surface area contributed by atoms with E-state index in [1.54, 1.807) is 0 Å². The molecule has 3 fully saturated rings. The second-order valence-corrected chi connectivity index (χ2v) is 6.35. The molecule has 0 aliphatic heterocycles. The van der Waals surface area contributed by atoms with Crippen molar-refractivity contribution in [2.24, 2.45) is 11.8 Å². The molecule has 17 heavy (non-hydrogen) atoms. The van der Waals surface area contributed by atoms with Crippen LogP contribution < -0.4 is 0 Å². The van der Waals surface area contributed by atoms with Gasteiger partial charge < -0.3 is 4.52 Å². The number of rotatable bonds is 3. The average molecular weight is 252 g/mol. The molecule has 1 aromatic rings. The summed E-state index contributed by atoms with van der Waals surface area (Å²) in [5, 5.41) is 4.37. The van der Waals surface area contributed by atoms with Gasteiger partial charge >= 0.3 is 0 Å². The summed E-state index contributed by atoms with van der Waals surface area (Å²) in [6.07, 6.45) is 7.98. The Bertz CT molecular complexity index is 437. The summed E-state index contributed by atoms with van der Waals surface area (Å²) in [5.74, 6) is 4.97. The zero-order chi connectivity index (χ0) is 11.4. The van der Waals surface area contributed by atoms with E-state index in [2.05, 4.69) is 5.16 Å². The highest BCUT2D eigenvalue weighted by Crippen LogP contribution is 2.54. The maximum absolute atomic E-state index is 6.12. The number of aromatic nitrogens is 1. The van der Waals surface area contributed by atoms with Gasteiger partial charge in [0.15, 0.2) is 0 Å². The lowest BCUT2D eigenvalue weighted by Gasteiger charge is -2.19. The van der Waals surface area contributed by atoms with E-state index in [-0.39, 0.29) is 0 Å². The first kappa shape index (κ1) is 10.4. The van der Waals surface area contributed by atoms with Gasteiger partial charge in [-0.15, -0.1) is 11.6 Å². The molecular formula is C14H18ClNO. The highest BCUT2D eigenvalue weighted by Gasteiger charge is 2.44. The third kappa shape index (κ3) is 1.72. The topological polar surface area (TPSA) is 26.0 Å². The van der Waals surface area contributed by atoms with Crippen LogP contribution in [0.1, 0.15) is 67.4 Å². The van der Waals surface area contributed by atoms with Gasteiger partial charge in [0.1, 0.15) is 5.76 Å². The van der Waals surface area contributed by atoms with E-state index < -0.39 is 0 Å². The van der Waals surface area contributed by atoms with Crippen molar-refractivity contribution >= 4 is 11.6 Å². The molecule has 3 atom stereocenters. The summed E-state index contributed by atoms with van der Waals surface area (Å²) < 4.78 is 5.58. The van der Waals surface area contributed by atoms with E-state index in [0.717, 1.165) is 17.6 Å². The maximum atomic E-state index is 6.12. The standard InChI is InChI=1S/C14H18ClNO/c15-7-12-13(16-17-14(12)8-1-2-8)10-4-3-9-5-11(9)6-10/h8-11H,1-7H2. The van der Waals surface area contributed by atoms with E-state index in [1.807, 2.05) is 0 Å². The Hall–Kier alpha value is -0.500. The Kier molecular flexibility index (Phi) is 2.30. The lowest BCUT2D eigenvalue weighted by atomic mass is 9.85. The number of alkyl halides is 1. The van der Waals surface area contributed by atoms with Gasteiger partial charge in [-0.25, -0.2) is 0 Å². The van der Waals surface area contributed by atoms with Crippen molar-refractivity contribution in [3.8, 4) is 0 Å². The first-order chi connectivity index (χ1) is 8.36. The monoisotopic (exact) mass is 251 g/mol. The highest BCUT2D eigenvalue weighted by atomic mass is 35.5. The van der Waals surface area contributed by atoms with Crippen molar-refractivity contribution in [3.63, 3.8) is 0 Å². The molecule has 0 aromatic carbocycles. The second-order valence-electron chi connectivity index (χ2n) is 6.08. The smallest absolute Gasteiger partial charge is 0.144 e. The van der Waals surface area contributed by atoms with Crippen molar-refractivity contribution in [3.05, 3.63) is 17.0 Å². The quantitative estimate of drug-likeness (QED) is 0.753. The molecule has 3 aliphatic carbocycles. The zero-order valence-corrected chi connectivity index (χ0v) is 10.7. The van der Waals surface area contributed by atoms with Crippen molar-refractivity contribution in [2.75, 3.05) is 0 Å². The Morgan fingerprint density at radius 2 is 1.88 bits per heavy atom. The second kappa shape index (κ2) is 3.74. The molecule has 3 unspecified atom stereocenters. The van der Waals surface area contributed by atoms with Crippen LogP contribution in [0.4, 0.5) is 0 Å². The average Bonchev–Trinajstić information content (AvgIpc) is 3.25. The summed E-state index contributed by atoms with van der Waals surface area (Å²) in [6.45, 7) is 0. The SMILES string of the molecule is ClCc1c(C2CCC3CC3C2)noc1C1CC1. The fourth-order valence-corrected chi connectivity index (χ4v) is 3.82. The van der Waals surface area contributed by atoms with Gasteiger partial charge in [0.2, 0.25) is 0 Å². The minimum atomic E-state index is 0.579. The molecule has 92 valence electrons. The molecule has 2 nitrogen and oxygen atoms in total. The van der Waals surface area contributed by atoms with Crippen LogP contribution in [0, 0.1) is 11.8 Å². The van der Waals surface area contributed by atoms with Gasteiger partial charge in [-0.1, -0.05) is 5.16 Å². The van der Waals surface area contributed by atoms with Crippen LogP contribution in [0.3, 0.4) is 0 Å². The molecule has 0 N–H and O–H groups in total. The molecule has 0 radical (unpaired) electrons. The minimum Gasteiger partial charge on any atom is -0.360 e. The van der Waals surface area contributed by atoms with E-state index in [0.29, 0.717) is 17.7 Å². The lowest BCUT2D eigenvalue weighted by Crippen LogP contribution is -2.09. The number of nitrogens with zero attached hydrogens (tertiary/aromatic N) is 1. The lowest BCUT2D eigenvalue weighted by molar-refractivity contribution is 0.355. The number of halogens is 1. The molecule has 0 spiro atoms. The third-order valence-corrected chi connectivity index (χ3v) is 5.13. The van der Waals surface area contributed by atoms with Gasteiger partial charge in [0.05, 0.1) is 11.6 Å². The molecule has 3 aliphatic rings. The highest BCUT2D eigenvalue weighted by molar-refractivity contribution is 6.17. The predicted molar refractivity (Wildman–Crippen MR) is 66.2 cm³/mol. The fourth-order valence-electron chi connectivity index (χ4n) is 3.56. The van der Waals surface area contributed by atoms with Crippen molar-refractivity contribution in [1.29, 1.82) is 0 Å². The molecular weight excluding hydrogens is 234 g/mol. The van der Waals surface area contributed by atoms with Crippen LogP contribution in [-0.4, -0.2) is 5.16 Å². The Morgan fingerprint density at radius 1 is 1.06 bits per heavy atom. The third-order valence-electron chi connectivity index (χ3n) is 4.86. The molecule has 0 bridgehead atoms. The van der Waals surface area contributed by atoms with Gasteiger partial charge in [0.25, 0.3) is 0 Å². The zero-order valence-electron chi connectivity index (χ0n) is 9.99. The molecule has 0 saturated heterocycles. The van der Waals surface area contributed by atoms with Crippen molar-refractivity contribution in [1.82, 2.24) is 5.16 Å². The summed E-state index contributed by atoms with van der Waals surface area (Å²) in [6, 6.07) is 0. The summed E-state index contributed by atoms with van der Waals surface area (Å²) >= 11 is 6.12. The van der Waals surface area contributed by atoms with Gasteiger partial charge in [-0.3, -0.25) is 0 Å². The fraction of sp³-hybridized carbons (Fsp3) is 0.786. The molecule has 3 saturated carbocycles. The first-order valence-corrected chi connectivity index (χ1v) is 7.44. The van der Waals surface area contributed by atoms with E-state index in [9.17, 15) is 0 Å². The predicted octanol–water partition coefficient (Wildman–Crippen LogP) is 4.19. The molecule has 4 rings (SSSR count). The summed E-state index contributed by atoms with van der Waals surface area (Å²) in [7, 11) is 0. The molecule has 0 amide bonds. The van der Waals surface area contributed by atoms with Crippen LogP contribution in [-0.2, 0) is 5.88 Å². The minimum absolute atomic E-state index is 0.579. The van der Waals surface area contributed by atoms with Crippen molar-refractivity contribution in [2.45, 2.75) is 56.2 Å². The van der Waals surface area contributed by atoms with Crippen LogP contribution >= 0.6 is 11.6 Å². The van der Waals surface area contributed by atoms with E-state index in [4.69, 9.17) is 16.1 Å². The summed E-state index contributed by atoms with van der Waals surface area (Å²) in [5.41, 5.74) is 2.44. The largest absolute Gasteiger partial charge is 0.360 e. The Morgan fingerprint density at radius 3 is 2.59 bits per heavy atom. The van der Waals surface area contributed by atoms with E-state index >= 15 is 0 Å². The number of hydrogen-bond acceptors (Lipinski definition) is 2. The first-order valence-electron chi connectivity index (χ1n) is 6.91. The Labute approximate surface area is 107 Å². The van der Waals surface area contributed by atoms with Crippen LogP contribution in [0.2, 0.25) is 0 Å². The van der Waals surface area contributed by atoms with Gasteiger partial charge in [-0.05, 0) is 50.4 Å². The van der Waals surface area contributed by atoms with E-state index in [1.165, 1.54) is 49.8 Å². The Balaban J connectivity index is 1.63. The summed E-state index contributed by atoms with van der Waals surface area (Å²) in [4.78, 5) is 0. The normalized spacial score (nSPS) is 35.7. The molecule has 1 heterocycles. The van der Waals surface area contributed by atoms with Crippen molar-refractivity contribution < 1.29 is 4.52 Å². The van der Waals surface area contributed by atoms with Gasteiger partial charge in [0, 0.05) is 17.4 Å². The van der Waals surface area contributed by atoms with Crippen LogP contribution in [0.15, 0.2) is 4.52 Å².